The molecule has 0 spiro atoms. The van der Waals surface area contributed by atoms with Crippen molar-refractivity contribution in [3.05, 3.63) is 49.1 Å². The average molecular weight is 261 g/mol. The summed E-state index contributed by atoms with van der Waals surface area (Å²) in [6.07, 6.45) is 5.21. The largest absolute Gasteiger partial charge is 0.383 e. The molecule has 5 nitrogen and oxygen atoms in total. The van der Waals surface area contributed by atoms with Crippen LogP contribution < -0.4 is 5.73 Å². The summed E-state index contributed by atoms with van der Waals surface area (Å²) in [6, 6.07) is 10.1. The molecule has 3 aromatic heterocycles. The van der Waals surface area contributed by atoms with Crippen molar-refractivity contribution in [1.29, 1.82) is 0 Å². The monoisotopic (exact) mass is 261 g/mol. The highest BCUT2D eigenvalue weighted by Crippen LogP contribution is 2.26. The molecule has 5 heteroatoms. The van der Waals surface area contributed by atoms with Gasteiger partial charge in [0.25, 0.3) is 0 Å². The topological polar surface area (TPSA) is 80.5 Å². The molecule has 4 aromatic rings. The molecule has 3 heterocycles. The predicted octanol–water partition coefficient (Wildman–Crippen LogP) is 2.76. The minimum Gasteiger partial charge on any atom is -0.383 e. The molecule has 0 aliphatic heterocycles. The lowest BCUT2D eigenvalue weighted by atomic mass is 10.0. The van der Waals surface area contributed by atoms with Gasteiger partial charge in [-0.05, 0) is 29.8 Å². The number of benzene rings is 1. The predicted molar refractivity (Wildman–Crippen MR) is 79.0 cm³/mol. The van der Waals surface area contributed by atoms with Crippen LogP contribution in [0.2, 0.25) is 0 Å². The van der Waals surface area contributed by atoms with E-state index in [0.29, 0.717) is 5.82 Å². The van der Waals surface area contributed by atoms with Crippen molar-refractivity contribution in [2.24, 2.45) is 0 Å². The van der Waals surface area contributed by atoms with Gasteiger partial charge in [0.05, 0.1) is 5.52 Å². The van der Waals surface area contributed by atoms with Gasteiger partial charge < -0.3 is 10.7 Å². The molecule has 0 unspecified atom stereocenters. The number of rotatable bonds is 1. The molecule has 0 aliphatic rings. The molecule has 0 amide bonds. The van der Waals surface area contributed by atoms with Crippen molar-refractivity contribution < 1.29 is 0 Å². The van der Waals surface area contributed by atoms with Crippen molar-refractivity contribution in [1.82, 2.24) is 19.9 Å². The fourth-order valence-electron chi connectivity index (χ4n) is 2.35. The van der Waals surface area contributed by atoms with Gasteiger partial charge >= 0.3 is 0 Å². The molecule has 96 valence electrons. The van der Waals surface area contributed by atoms with Gasteiger partial charge in [-0.25, -0.2) is 15.0 Å². The zero-order chi connectivity index (χ0) is 13.5. The van der Waals surface area contributed by atoms with Crippen molar-refractivity contribution in [2.45, 2.75) is 0 Å². The first-order chi connectivity index (χ1) is 9.81. The first-order valence-corrected chi connectivity index (χ1v) is 6.25. The summed E-state index contributed by atoms with van der Waals surface area (Å²) < 4.78 is 0. The Labute approximate surface area is 114 Å². The summed E-state index contributed by atoms with van der Waals surface area (Å²) >= 11 is 0. The third-order valence-corrected chi connectivity index (χ3v) is 3.40. The number of nitrogens with one attached hydrogen (secondary N) is 1. The summed E-state index contributed by atoms with van der Waals surface area (Å²) in [5, 5.41) is 1.94. The number of aromatic nitrogens is 4. The number of nitrogens with two attached hydrogens (primary N) is 1. The molecule has 0 bridgehead atoms. The minimum atomic E-state index is 0.493. The zero-order valence-corrected chi connectivity index (χ0v) is 10.5. The SMILES string of the molecule is Nc1ncnc2ccc(-c3cnc4[nH]ccc4c3)cc12. The van der Waals surface area contributed by atoms with E-state index in [-0.39, 0.29) is 0 Å². The number of fused-ring (bicyclic) bond motifs is 2. The quantitative estimate of drug-likeness (QED) is 0.552. The zero-order valence-electron chi connectivity index (χ0n) is 10.5. The van der Waals surface area contributed by atoms with E-state index in [4.69, 9.17) is 5.73 Å². The van der Waals surface area contributed by atoms with Gasteiger partial charge in [-0.15, -0.1) is 0 Å². The Kier molecular flexibility index (Phi) is 2.20. The van der Waals surface area contributed by atoms with Gasteiger partial charge in [-0.3, -0.25) is 0 Å². The van der Waals surface area contributed by atoms with Crippen LogP contribution >= 0.6 is 0 Å². The summed E-state index contributed by atoms with van der Waals surface area (Å²) in [5.74, 6) is 0.493. The van der Waals surface area contributed by atoms with Crippen LogP contribution in [0.5, 0.6) is 0 Å². The number of hydrogen-bond donors (Lipinski definition) is 2. The number of nitrogens with zero attached hydrogens (tertiary/aromatic N) is 3. The maximum Gasteiger partial charge on any atom is 0.137 e. The molecular formula is C15H11N5. The molecule has 0 saturated heterocycles. The maximum atomic E-state index is 5.91. The minimum absolute atomic E-state index is 0.493. The molecule has 0 fully saturated rings. The van der Waals surface area contributed by atoms with Gasteiger partial charge in [-0.1, -0.05) is 6.07 Å². The van der Waals surface area contributed by atoms with Crippen LogP contribution in [0.15, 0.2) is 49.1 Å². The number of anilines is 1. The fourth-order valence-corrected chi connectivity index (χ4v) is 2.35. The standard InChI is InChI=1S/C15H11N5/c16-14-12-6-9(1-2-13(12)19-8-20-14)11-5-10-3-4-17-15(10)18-7-11/h1-8H,(H,17,18)(H2,16,19,20). The third-order valence-electron chi connectivity index (χ3n) is 3.40. The second-order valence-electron chi connectivity index (χ2n) is 4.63. The number of aromatic amines is 1. The van der Waals surface area contributed by atoms with Crippen LogP contribution in [-0.4, -0.2) is 19.9 Å². The van der Waals surface area contributed by atoms with Gasteiger partial charge in [-0.2, -0.15) is 0 Å². The van der Waals surface area contributed by atoms with Crippen LogP contribution in [0.4, 0.5) is 5.82 Å². The Balaban J connectivity index is 1.94. The number of nitrogen functional groups attached to an aromatic ring is 1. The number of hydrogen-bond acceptors (Lipinski definition) is 4. The average Bonchev–Trinajstić information content (AvgIpc) is 2.95. The van der Waals surface area contributed by atoms with Gasteiger partial charge in [0.15, 0.2) is 0 Å². The lowest BCUT2D eigenvalue weighted by Gasteiger charge is -2.05. The fraction of sp³-hybridized carbons (Fsp3) is 0. The molecule has 3 N–H and O–H groups in total. The van der Waals surface area contributed by atoms with Crippen LogP contribution in [0.3, 0.4) is 0 Å². The first kappa shape index (κ1) is 10.9. The highest BCUT2D eigenvalue weighted by molar-refractivity contribution is 5.92. The molecule has 0 aliphatic carbocycles. The van der Waals surface area contributed by atoms with Crippen molar-refractivity contribution >= 4 is 27.8 Å². The summed E-state index contributed by atoms with van der Waals surface area (Å²) in [7, 11) is 0. The van der Waals surface area contributed by atoms with E-state index in [2.05, 4.69) is 26.0 Å². The van der Waals surface area contributed by atoms with Gasteiger partial charge in [0.1, 0.15) is 17.8 Å². The lowest BCUT2D eigenvalue weighted by Crippen LogP contribution is -1.93. The van der Waals surface area contributed by atoms with E-state index in [1.807, 2.05) is 36.7 Å². The van der Waals surface area contributed by atoms with E-state index in [0.717, 1.165) is 33.1 Å². The molecule has 0 atom stereocenters. The van der Waals surface area contributed by atoms with Crippen molar-refractivity contribution in [3.8, 4) is 11.1 Å². The third kappa shape index (κ3) is 1.60. The smallest absolute Gasteiger partial charge is 0.137 e. The van der Waals surface area contributed by atoms with Crippen LogP contribution in [0, 0.1) is 0 Å². The molecular weight excluding hydrogens is 250 g/mol. The van der Waals surface area contributed by atoms with Crippen molar-refractivity contribution in [3.63, 3.8) is 0 Å². The maximum absolute atomic E-state index is 5.91. The second kappa shape index (κ2) is 4.03. The lowest BCUT2D eigenvalue weighted by molar-refractivity contribution is 1.23. The van der Waals surface area contributed by atoms with E-state index in [1.54, 1.807) is 0 Å². The van der Waals surface area contributed by atoms with Gasteiger partial charge in [0, 0.05) is 28.7 Å². The molecule has 0 saturated carbocycles. The molecule has 0 radical (unpaired) electrons. The summed E-state index contributed by atoms with van der Waals surface area (Å²) in [5.41, 5.74) is 9.73. The first-order valence-electron chi connectivity index (χ1n) is 6.25. The Hall–Kier alpha value is -2.95. The normalized spacial score (nSPS) is 11.2. The Morgan fingerprint density at radius 3 is 2.85 bits per heavy atom. The number of pyridine rings is 1. The molecule has 20 heavy (non-hydrogen) atoms. The number of H-pyrrole nitrogens is 1. The molecule has 1 aromatic carbocycles. The molecule has 4 rings (SSSR count). The van der Waals surface area contributed by atoms with Crippen LogP contribution in [0.1, 0.15) is 0 Å². The Morgan fingerprint density at radius 1 is 0.950 bits per heavy atom. The highest BCUT2D eigenvalue weighted by Gasteiger charge is 2.05. The van der Waals surface area contributed by atoms with E-state index in [1.165, 1.54) is 6.33 Å². The van der Waals surface area contributed by atoms with Gasteiger partial charge in [0.2, 0.25) is 0 Å². The van der Waals surface area contributed by atoms with Crippen molar-refractivity contribution in [2.75, 3.05) is 5.73 Å². The highest BCUT2D eigenvalue weighted by atomic mass is 14.9. The Morgan fingerprint density at radius 2 is 1.90 bits per heavy atom. The second-order valence-corrected chi connectivity index (χ2v) is 4.63. The van der Waals surface area contributed by atoms with E-state index in [9.17, 15) is 0 Å². The van der Waals surface area contributed by atoms with Crippen LogP contribution in [-0.2, 0) is 0 Å². The van der Waals surface area contributed by atoms with E-state index >= 15 is 0 Å². The summed E-state index contributed by atoms with van der Waals surface area (Å²) in [4.78, 5) is 15.7. The van der Waals surface area contributed by atoms with Crippen LogP contribution in [0.25, 0.3) is 33.1 Å². The van der Waals surface area contributed by atoms with E-state index < -0.39 is 0 Å². The summed E-state index contributed by atoms with van der Waals surface area (Å²) in [6.45, 7) is 0. The Bertz CT molecular complexity index is 926.